The molecule has 2 aromatic carbocycles. The average molecular weight is 728 g/mol. The van der Waals surface area contributed by atoms with Gasteiger partial charge in [-0.25, -0.2) is 0 Å². The van der Waals surface area contributed by atoms with Crippen LogP contribution in [0, 0.1) is 13.8 Å². The number of aryl methyl sites for hydroxylation is 1. The maximum atomic E-state index is 13.3. The Kier molecular flexibility index (Phi) is 10.2. The van der Waals surface area contributed by atoms with Crippen LogP contribution >= 0.6 is 22.7 Å². The number of aromatic nitrogens is 4. The Hall–Kier alpha value is -3.58. The lowest BCUT2D eigenvalue weighted by Gasteiger charge is -1.98. The van der Waals surface area contributed by atoms with Crippen molar-refractivity contribution in [2.75, 3.05) is 0 Å². The molecule has 0 saturated heterocycles. The average Bonchev–Trinajstić information content (AvgIpc) is 3.79. The van der Waals surface area contributed by atoms with Gasteiger partial charge in [0.1, 0.15) is 11.4 Å². The molecule has 6 rings (SSSR count). The molecule has 0 saturated carbocycles. The molecule has 0 N–H and O–H groups in total. The van der Waals surface area contributed by atoms with Gasteiger partial charge in [0.2, 0.25) is 24.6 Å². The van der Waals surface area contributed by atoms with Crippen molar-refractivity contribution in [2.45, 2.75) is 26.9 Å². The minimum absolute atomic E-state index is 0. The van der Waals surface area contributed by atoms with E-state index in [1.165, 1.54) is 11.3 Å². The van der Waals surface area contributed by atoms with E-state index in [0.717, 1.165) is 31.7 Å². The van der Waals surface area contributed by atoms with Crippen molar-refractivity contribution in [1.29, 1.82) is 0 Å². The van der Waals surface area contributed by atoms with Gasteiger partial charge < -0.3 is 43.0 Å². The third kappa shape index (κ3) is 6.41. The van der Waals surface area contributed by atoms with Gasteiger partial charge in [-0.05, 0) is 6.92 Å². The number of rotatable bonds is 9. The summed E-state index contributed by atoms with van der Waals surface area (Å²) in [6, 6.07) is 22.5. The minimum atomic E-state index is -0.193. The highest BCUT2D eigenvalue weighted by Crippen LogP contribution is 2.27. The van der Waals surface area contributed by atoms with E-state index < -0.39 is 0 Å². The number of halogens is 2. The lowest BCUT2D eigenvalue weighted by Crippen LogP contribution is -3.00. The van der Waals surface area contributed by atoms with Crippen LogP contribution in [0.25, 0.3) is 32.5 Å². The fraction of sp³-hybridized carbons (Fsp3) is 0.133. The van der Waals surface area contributed by atoms with E-state index in [9.17, 15) is 9.59 Å². The molecule has 12 heteroatoms. The van der Waals surface area contributed by atoms with Gasteiger partial charge in [0.05, 0.1) is 10.3 Å². The predicted molar refractivity (Wildman–Crippen MR) is 150 cm³/mol. The van der Waals surface area contributed by atoms with Crippen LogP contribution in [0.5, 0.6) is 0 Å². The molecule has 0 radical (unpaired) electrons. The predicted octanol–water partition coefficient (Wildman–Crippen LogP) is -0.248. The Morgan fingerprint density at radius 3 is 1.83 bits per heavy atom. The Labute approximate surface area is 270 Å². The Morgan fingerprint density at radius 1 is 0.762 bits per heavy atom. The molecule has 42 heavy (non-hydrogen) atoms. The molecular formula is C30H24Br2N4O4S2. The van der Waals surface area contributed by atoms with Crippen molar-refractivity contribution in [3.63, 3.8) is 0 Å². The summed E-state index contributed by atoms with van der Waals surface area (Å²) in [6.07, 6.45) is 1.87. The third-order valence-electron chi connectivity index (χ3n) is 6.60. The van der Waals surface area contributed by atoms with E-state index in [0.29, 0.717) is 11.4 Å². The summed E-state index contributed by atoms with van der Waals surface area (Å²) in [6.45, 7) is 4.17. The van der Waals surface area contributed by atoms with Crippen LogP contribution in [0.3, 0.4) is 0 Å². The van der Waals surface area contributed by atoms with Gasteiger partial charge in [-0.1, -0.05) is 93.7 Å². The molecule has 214 valence electrons. The molecular weight excluding hydrogens is 704 g/mol. The van der Waals surface area contributed by atoms with E-state index in [4.69, 9.17) is 9.05 Å². The molecule has 0 spiro atoms. The molecule has 4 heterocycles. The zero-order valence-corrected chi connectivity index (χ0v) is 27.3. The van der Waals surface area contributed by atoms with Gasteiger partial charge in [-0.2, -0.15) is 9.13 Å². The number of Topliss-reactive ketones (excluding diaryl/α,β-unsaturated/α-hetero) is 2. The summed E-state index contributed by atoms with van der Waals surface area (Å²) in [5.74, 6) is 0.0251. The molecule has 0 aliphatic carbocycles. The highest BCUT2D eigenvalue weighted by Gasteiger charge is 2.34. The van der Waals surface area contributed by atoms with Crippen LogP contribution in [-0.4, -0.2) is 21.9 Å². The maximum Gasteiger partial charge on any atom is 0.346 e. The largest absolute Gasteiger partial charge is 1.00 e. The lowest BCUT2D eigenvalue weighted by atomic mass is 10.1. The molecule has 0 aliphatic heterocycles. The highest BCUT2D eigenvalue weighted by atomic mass is 79.9. The first-order chi connectivity index (χ1) is 19.5. The molecule has 0 aliphatic rings. The van der Waals surface area contributed by atoms with Crippen molar-refractivity contribution in [2.24, 2.45) is 0 Å². The van der Waals surface area contributed by atoms with Gasteiger partial charge in [-0.15, -0.1) is 0 Å². The fourth-order valence-corrected chi connectivity index (χ4v) is 6.47. The van der Waals surface area contributed by atoms with Gasteiger partial charge in [0, 0.05) is 30.2 Å². The van der Waals surface area contributed by atoms with E-state index in [1.807, 2.05) is 95.2 Å². The Morgan fingerprint density at radius 2 is 1.29 bits per heavy atom. The topological polar surface area (TPSA) is 94.0 Å². The van der Waals surface area contributed by atoms with Crippen molar-refractivity contribution in [3.8, 4) is 32.5 Å². The Balaban J connectivity index is 0.00000202. The molecule has 0 atom stereocenters. The number of hydrogen-bond acceptors (Lipinski definition) is 8. The van der Waals surface area contributed by atoms with Crippen molar-refractivity contribution in [1.82, 2.24) is 10.3 Å². The van der Waals surface area contributed by atoms with E-state index in [2.05, 4.69) is 10.3 Å². The number of ketones is 2. The normalized spacial score (nSPS) is 10.6. The standard InChI is InChI=1S/C30H24N4O4S2.2BrH/c1-19-20(2)40-30(34(19)18-26(36)28-16-24(32-38-28)22-11-7-4-8-12-22)29-33(13-14-39-29)17-25(35)27-15-23(31-37-27)21-9-5-3-6-10-21;;/h3-16H,17-18H2,1-2H3;2*1H/q+2;;/p-2. The first kappa shape index (κ1) is 31.4. The summed E-state index contributed by atoms with van der Waals surface area (Å²) >= 11 is 3.09. The van der Waals surface area contributed by atoms with Crippen LogP contribution in [0.15, 0.2) is 93.4 Å². The van der Waals surface area contributed by atoms with Crippen LogP contribution in [0.4, 0.5) is 0 Å². The second kappa shape index (κ2) is 13.6. The number of thiazole rings is 2. The van der Waals surface area contributed by atoms with Gasteiger partial charge >= 0.3 is 10.0 Å². The number of carbonyl (C=O) groups excluding carboxylic acids is 2. The molecule has 0 unspecified atom stereocenters. The number of hydrogen-bond donors (Lipinski definition) is 0. The van der Waals surface area contributed by atoms with Crippen molar-refractivity contribution in [3.05, 3.63) is 106 Å². The second-order valence-corrected chi connectivity index (χ2v) is 11.3. The van der Waals surface area contributed by atoms with Gasteiger partial charge in [0.25, 0.3) is 11.6 Å². The van der Waals surface area contributed by atoms with Crippen LogP contribution < -0.4 is 43.1 Å². The van der Waals surface area contributed by atoms with E-state index in [1.54, 1.807) is 23.5 Å². The van der Waals surface area contributed by atoms with E-state index >= 15 is 0 Å². The summed E-state index contributed by atoms with van der Waals surface area (Å²) in [5.41, 5.74) is 3.97. The second-order valence-electron chi connectivity index (χ2n) is 9.20. The van der Waals surface area contributed by atoms with E-state index in [-0.39, 0.29) is 70.1 Å². The van der Waals surface area contributed by atoms with Crippen molar-refractivity contribution < 1.29 is 61.7 Å². The molecule has 6 aromatic rings. The molecule has 0 fully saturated rings. The summed E-state index contributed by atoms with van der Waals surface area (Å²) < 4.78 is 14.7. The highest BCUT2D eigenvalue weighted by molar-refractivity contribution is 7.20. The number of nitrogens with zero attached hydrogens (tertiary/aromatic N) is 4. The zero-order chi connectivity index (χ0) is 27.6. The SMILES string of the molecule is Cc1sc(-c2scc[n+]2CC(=O)c2cc(-c3ccccc3)no2)[n+](CC(=O)c2cc(-c3ccccc3)no2)c1C.[Br-].[Br-]. The molecule has 4 aromatic heterocycles. The van der Waals surface area contributed by atoms with Crippen LogP contribution in [0.1, 0.15) is 31.7 Å². The maximum absolute atomic E-state index is 13.3. The number of carbonyl (C=O) groups is 2. The first-order valence-electron chi connectivity index (χ1n) is 12.6. The lowest BCUT2D eigenvalue weighted by molar-refractivity contribution is -0.699. The monoisotopic (exact) mass is 726 g/mol. The molecule has 8 nitrogen and oxygen atoms in total. The van der Waals surface area contributed by atoms with Crippen LogP contribution in [-0.2, 0) is 13.1 Å². The summed E-state index contributed by atoms with van der Waals surface area (Å²) in [5, 5.41) is 11.8. The fourth-order valence-electron chi connectivity index (χ4n) is 4.32. The summed E-state index contributed by atoms with van der Waals surface area (Å²) in [7, 11) is 0. The zero-order valence-electron chi connectivity index (χ0n) is 22.5. The molecule has 0 bridgehead atoms. The summed E-state index contributed by atoms with van der Waals surface area (Å²) in [4.78, 5) is 27.5. The third-order valence-corrected chi connectivity index (χ3v) is 8.85. The van der Waals surface area contributed by atoms with Gasteiger partial charge in [-0.3, -0.25) is 9.59 Å². The first-order valence-corrected chi connectivity index (χ1v) is 14.3. The minimum Gasteiger partial charge on any atom is -1.00 e. The van der Waals surface area contributed by atoms with Crippen LogP contribution in [0.2, 0.25) is 0 Å². The quantitative estimate of drug-likeness (QED) is 0.151. The molecule has 0 amide bonds. The van der Waals surface area contributed by atoms with Gasteiger partial charge in [0.15, 0.2) is 11.9 Å². The Bertz CT molecular complexity index is 1830. The smallest absolute Gasteiger partial charge is 0.346 e. The number of benzene rings is 2. The van der Waals surface area contributed by atoms with Crippen molar-refractivity contribution >= 4 is 34.2 Å².